The average molecular weight is 264 g/mol. The molecule has 0 atom stereocenters. The second-order valence-electron chi connectivity index (χ2n) is 4.72. The summed E-state index contributed by atoms with van der Waals surface area (Å²) in [4.78, 5) is 21.8. The third-order valence-corrected chi connectivity index (χ3v) is 3.44. The molecule has 19 heavy (non-hydrogen) atoms. The Hall–Kier alpha value is -1.69. The molecule has 0 spiro atoms. The van der Waals surface area contributed by atoms with Crippen molar-refractivity contribution in [1.29, 1.82) is 0 Å². The molecule has 1 aliphatic rings. The summed E-state index contributed by atoms with van der Waals surface area (Å²) in [5, 5.41) is 3.22. The van der Waals surface area contributed by atoms with Gasteiger partial charge in [0.15, 0.2) is 0 Å². The minimum atomic E-state index is -0.494. The molecule has 0 bridgehead atoms. The van der Waals surface area contributed by atoms with Crippen molar-refractivity contribution in [3.05, 3.63) is 18.1 Å². The van der Waals surface area contributed by atoms with Crippen LogP contribution in [0, 0.1) is 5.92 Å². The number of carbonyl (C=O) groups is 1. The van der Waals surface area contributed by atoms with Crippen molar-refractivity contribution in [2.24, 2.45) is 5.92 Å². The largest absolute Gasteiger partial charge is 0.463 e. The van der Waals surface area contributed by atoms with Crippen LogP contribution in [0.15, 0.2) is 12.3 Å². The molecule has 2 rings (SSSR count). The predicted molar refractivity (Wildman–Crippen MR) is 72.2 cm³/mol. The molecule has 0 radical (unpaired) electrons. The van der Waals surface area contributed by atoms with Gasteiger partial charge in [-0.05, 0) is 38.4 Å². The Kier molecular flexibility index (Phi) is 4.68. The molecular formula is C13H20N4O2. The Balaban J connectivity index is 2.01. The van der Waals surface area contributed by atoms with Gasteiger partial charge in [0, 0.05) is 19.3 Å². The maximum Gasteiger partial charge on any atom is 0.376 e. The van der Waals surface area contributed by atoms with Crippen molar-refractivity contribution >= 4 is 11.8 Å². The summed E-state index contributed by atoms with van der Waals surface area (Å²) in [6.45, 7) is 2.99. The van der Waals surface area contributed by atoms with Gasteiger partial charge in [-0.2, -0.15) is 0 Å². The number of esters is 1. The Labute approximate surface area is 113 Å². The molecule has 1 N–H and O–H groups in total. The van der Waals surface area contributed by atoms with Crippen LogP contribution in [0.4, 0.5) is 5.82 Å². The SMILES string of the molecule is CNCC1CCN(c2ccnc(C(=O)OC)n2)CC1. The van der Waals surface area contributed by atoms with Crippen LogP contribution in [0.2, 0.25) is 0 Å². The molecule has 6 nitrogen and oxygen atoms in total. The van der Waals surface area contributed by atoms with E-state index in [4.69, 9.17) is 0 Å². The molecule has 0 unspecified atom stereocenters. The van der Waals surface area contributed by atoms with Gasteiger partial charge in [0.05, 0.1) is 7.11 Å². The summed E-state index contributed by atoms with van der Waals surface area (Å²) in [7, 11) is 3.32. The number of rotatable bonds is 4. The summed E-state index contributed by atoms with van der Waals surface area (Å²) in [5.74, 6) is 1.16. The number of anilines is 1. The average Bonchev–Trinajstić information content (AvgIpc) is 2.48. The zero-order valence-electron chi connectivity index (χ0n) is 11.4. The van der Waals surface area contributed by atoms with Crippen LogP contribution in [0.3, 0.4) is 0 Å². The monoisotopic (exact) mass is 264 g/mol. The molecule has 1 aromatic rings. The molecule has 0 aromatic carbocycles. The van der Waals surface area contributed by atoms with Gasteiger partial charge in [0.1, 0.15) is 5.82 Å². The maximum absolute atomic E-state index is 11.4. The highest BCUT2D eigenvalue weighted by molar-refractivity contribution is 5.85. The Morgan fingerprint density at radius 1 is 1.53 bits per heavy atom. The number of methoxy groups -OCH3 is 1. The highest BCUT2D eigenvalue weighted by Crippen LogP contribution is 2.21. The van der Waals surface area contributed by atoms with Crippen LogP contribution in [-0.2, 0) is 4.74 Å². The first-order valence-corrected chi connectivity index (χ1v) is 6.55. The third kappa shape index (κ3) is 3.41. The summed E-state index contributed by atoms with van der Waals surface area (Å²) in [6, 6.07) is 1.84. The zero-order chi connectivity index (χ0) is 13.7. The van der Waals surface area contributed by atoms with E-state index < -0.39 is 5.97 Å². The molecular weight excluding hydrogens is 244 g/mol. The predicted octanol–water partition coefficient (Wildman–Crippen LogP) is 0.699. The van der Waals surface area contributed by atoms with Crippen LogP contribution in [-0.4, -0.2) is 49.7 Å². The minimum absolute atomic E-state index is 0.123. The lowest BCUT2D eigenvalue weighted by molar-refractivity contribution is 0.0586. The number of piperidine rings is 1. The van der Waals surface area contributed by atoms with Gasteiger partial charge in [-0.15, -0.1) is 0 Å². The normalized spacial score (nSPS) is 16.4. The van der Waals surface area contributed by atoms with Crippen LogP contribution in [0.5, 0.6) is 0 Å². The van der Waals surface area contributed by atoms with Crippen LogP contribution in [0.25, 0.3) is 0 Å². The van der Waals surface area contributed by atoms with Gasteiger partial charge in [-0.3, -0.25) is 0 Å². The molecule has 0 amide bonds. The van der Waals surface area contributed by atoms with Gasteiger partial charge in [-0.1, -0.05) is 0 Å². The lowest BCUT2D eigenvalue weighted by Crippen LogP contribution is -2.37. The van der Waals surface area contributed by atoms with E-state index in [1.54, 1.807) is 6.20 Å². The Morgan fingerprint density at radius 3 is 2.89 bits per heavy atom. The highest BCUT2D eigenvalue weighted by atomic mass is 16.5. The van der Waals surface area contributed by atoms with Crippen molar-refractivity contribution in [3.63, 3.8) is 0 Å². The fraction of sp³-hybridized carbons (Fsp3) is 0.615. The number of hydrogen-bond donors (Lipinski definition) is 1. The number of hydrogen-bond acceptors (Lipinski definition) is 6. The van der Waals surface area contributed by atoms with Crippen molar-refractivity contribution in [1.82, 2.24) is 15.3 Å². The van der Waals surface area contributed by atoms with E-state index in [1.165, 1.54) is 7.11 Å². The van der Waals surface area contributed by atoms with Crippen LogP contribution in [0.1, 0.15) is 23.5 Å². The second kappa shape index (κ2) is 6.47. The second-order valence-corrected chi connectivity index (χ2v) is 4.72. The summed E-state index contributed by atoms with van der Waals surface area (Å²) >= 11 is 0. The number of carbonyl (C=O) groups excluding carboxylic acids is 1. The van der Waals surface area contributed by atoms with Gasteiger partial charge in [0.2, 0.25) is 5.82 Å². The first kappa shape index (κ1) is 13.7. The van der Waals surface area contributed by atoms with E-state index in [9.17, 15) is 4.79 Å². The van der Waals surface area contributed by atoms with E-state index in [0.717, 1.165) is 44.2 Å². The van der Waals surface area contributed by atoms with E-state index in [2.05, 4.69) is 24.9 Å². The fourth-order valence-electron chi connectivity index (χ4n) is 2.37. The number of nitrogens with one attached hydrogen (secondary N) is 1. The van der Waals surface area contributed by atoms with E-state index >= 15 is 0 Å². The van der Waals surface area contributed by atoms with E-state index in [1.807, 2.05) is 13.1 Å². The van der Waals surface area contributed by atoms with Gasteiger partial charge >= 0.3 is 5.97 Å². The first-order chi connectivity index (χ1) is 9.24. The molecule has 1 fully saturated rings. The van der Waals surface area contributed by atoms with Gasteiger partial charge in [-0.25, -0.2) is 14.8 Å². The van der Waals surface area contributed by atoms with Crippen LogP contribution < -0.4 is 10.2 Å². The molecule has 1 aliphatic heterocycles. The molecule has 6 heteroatoms. The van der Waals surface area contributed by atoms with Crippen molar-refractivity contribution < 1.29 is 9.53 Å². The summed E-state index contributed by atoms with van der Waals surface area (Å²) in [5.41, 5.74) is 0. The Bertz CT molecular complexity index is 430. The lowest BCUT2D eigenvalue weighted by Gasteiger charge is -2.32. The van der Waals surface area contributed by atoms with Crippen molar-refractivity contribution in [3.8, 4) is 0 Å². The smallest absolute Gasteiger partial charge is 0.376 e. The third-order valence-electron chi connectivity index (χ3n) is 3.44. The van der Waals surface area contributed by atoms with E-state index in [-0.39, 0.29) is 5.82 Å². The minimum Gasteiger partial charge on any atom is -0.463 e. The standard InChI is InChI=1S/C13H20N4O2/c1-14-9-10-4-7-17(8-5-10)11-3-6-15-12(16-11)13(18)19-2/h3,6,10,14H,4-5,7-9H2,1-2H3. The molecule has 104 valence electrons. The van der Waals surface area contributed by atoms with Gasteiger partial charge in [0.25, 0.3) is 0 Å². The molecule has 0 saturated carbocycles. The first-order valence-electron chi connectivity index (χ1n) is 6.55. The molecule has 0 aliphatic carbocycles. The molecule has 1 aromatic heterocycles. The lowest BCUT2D eigenvalue weighted by atomic mass is 9.97. The number of aromatic nitrogens is 2. The van der Waals surface area contributed by atoms with E-state index in [0.29, 0.717) is 0 Å². The van der Waals surface area contributed by atoms with Gasteiger partial charge < -0.3 is 15.0 Å². The summed E-state index contributed by atoms with van der Waals surface area (Å²) < 4.78 is 4.64. The van der Waals surface area contributed by atoms with Crippen LogP contribution >= 0.6 is 0 Å². The van der Waals surface area contributed by atoms with Crippen molar-refractivity contribution in [2.45, 2.75) is 12.8 Å². The topological polar surface area (TPSA) is 67.4 Å². The molecule has 1 saturated heterocycles. The quantitative estimate of drug-likeness (QED) is 0.807. The van der Waals surface area contributed by atoms with Crippen molar-refractivity contribution in [2.75, 3.05) is 38.7 Å². The summed E-state index contributed by atoms with van der Waals surface area (Å²) in [6.07, 6.45) is 3.88. The maximum atomic E-state index is 11.4. The Morgan fingerprint density at radius 2 is 2.26 bits per heavy atom. The number of nitrogens with zero attached hydrogens (tertiary/aromatic N) is 3. The zero-order valence-corrected chi connectivity index (χ0v) is 11.4. The highest BCUT2D eigenvalue weighted by Gasteiger charge is 2.20. The molecule has 2 heterocycles. The fourth-order valence-corrected chi connectivity index (χ4v) is 2.37. The number of ether oxygens (including phenoxy) is 1.